The third kappa shape index (κ3) is 3.74. The summed E-state index contributed by atoms with van der Waals surface area (Å²) in [6.07, 6.45) is 1.25. The van der Waals surface area contributed by atoms with Crippen molar-refractivity contribution in [2.24, 2.45) is 5.92 Å². The monoisotopic (exact) mass is 269 g/mol. The Hall–Kier alpha value is 0.690. The van der Waals surface area contributed by atoms with Gasteiger partial charge in [-0.3, -0.25) is 0 Å². The molecule has 68 valence electrons. The summed E-state index contributed by atoms with van der Waals surface area (Å²) in [5.74, 6) is 0.781. The summed E-state index contributed by atoms with van der Waals surface area (Å²) in [4.78, 5) is 2.33. The second-order valence-electron chi connectivity index (χ2n) is 3.63. The molecule has 0 spiro atoms. The Kier molecular flexibility index (Phi) is 5.69. The molecule has 0 aliphatic rings. The Morgan fingerprint density at radius 3 is 1.82 bits per heavy atom. The van der Waals surface area contributed by atoms with E-state index in [-0.39, 0.29) is 0 Å². The highest BCUT2D eigenvalue weighted by molar-refractivity contribution is 14.1. The highest BCUT2D eigenvalue weighted by Crippen LogP contribution is 2.21. The van der Waals surface area contributed by atoms with E-state index < -0.39 is 0 Å². The molecule has 1 unspecified atom stereocenters. The van der Waals surface area contributed by atoms with Gasteiger partial charge in [-0.2, -0.15) is 0 Å². The topological polar surface area (TPSA) is 3.24 Å². The number of alkyl halides is 1. The summed E-state index contributed by atoms with van der Waals surface area (Å²) in [5.41, 5.74) is 0. The molecule has 0 aliphatic carbocycles. The second-order valence-corrected chi connectivity index (χ2v) is 5.07. The maximum Gasteiger partial charge on any atom is 0.0288 e. The van der Waals surface area contributed by atoms with Crippen LogP contribution in [0.4, 0.5) is 0 Å². The molecule has 0 fully saturated rings. The molecule has 2 heteroatoms. The fraction of sp³-hybridized carbons (Fsp3) is 1.00. The van der Waals surface area contributed by atoms with E-state index in [1.54, 1.807) is 0 Å². The van der Waals surface area contributed by atoms with Crippen LogP contribution in [0.25, 0.3) is 0 Å². The molecule has 0 aromatic carbocycles. The van der Waals surface area contributed by atoms with Crippen molar-refractivity contribution in [3.63, 3.8) is 0 Å². The van der Waals surface area contributed by atoms with Gasteiger partial charge in [-0.25, -0.2) is 0 Å². The van der Waals surface area contributed by atoms with Crippen LogP contribution in [0.5, 0.6) is 0 Å². The first-order valence-corrected chi connectivity index (χ1v) is 5.55. The SMILES string of the molecule is CC[C@@H](C(I)C(C)C)N(C)C. The highest BCUT2D eigenvalue weighted by atomic mass is 127. The molecule has 0 aromatic heterocycles. The number of hydrogen-bond acceptors (Lipinski definition) is 1. The van der Waals surface area contributed by atoms with Crippen LogP contribution in [0, 0.1) is 5.92 Å². The molecule has 0 amide bonds. The highest BCUT2D eigenvalue weighted by Gasteiger charge is 2.21. The van der Waals surface area contributed by atoms with Crippen molar-refractivity contribution in [2.75, 3.05) is 14.1 Å². The molecule has 0 N–H and O–H groups in total. The standard InChI is InChI=1S/C9H20IN/c1-6-8(11(4)5)9(10)7(2)3/h7-9H,6H2,1-5H3/t8-,9?/m0/s1. The van der Waals surface area contributed by atoms with E-state index in [0.29, 0.717) is 0 Å². The van der Waals surface area contributed by atoms with E-state index in [2.05, 4.69) is 62.4 Å². The molecule has 0 rings (SSSR count). The fourth-order valence-corrected chi connectivity index (χ4v) is 2.47. The summed E-state index contributed by atoms with van der Waals surface area (Å²) in [5, 5.41) is 0. The summed E-state index contributed by atoms with van der Waals surface area (Å²) in [7, 11) is 4.34. The zero-order valence-corrected chi connectivity index (χ0v) is 10.4. The maximum atomic E-state index is 2.57. The van der Waals surface area contributed by atoms with Gasteiger partial charge in [0.2, 0.25) is 0 Å². The molecule has 0 heterocycles. The fourth-order valence-electron chi connectivity index (χ4n) is 1.32. The molecular weight excluding hydrogens is 249 g/mol. The van der Waals surface area contributed by atoms with Gasteiger partial charge in [0, 0.05) is 9.97 Å². The second kappa shape index (κ2) is 5.36. The van der Waals surface area contributed by atoms with Gasteiger partial charge in [-0.05, 0) is 26.4 Å². The Balaban J connectivity index is 4.02. The third-order valence-corrected chi connectivity index (χ3v) is 4.35. The van der Waals surface area contributed by atoms with E-state index in [4.69, 9.17) is 0 Å². The zero-order chi connectivity index (χ0) is 9.02. The minimum absolute atomic E-state index is 0.732. The quantitative estimate of drug-likeness (QED) is 0.560. The van der Waals surface area contributed by atoms with Crippen LogP contribution < -0.4 is 0 Å². The lowest BCUT2D eigenvalue weighted by Crippen LogP contribution is -2.37. The molecule has 0 aromatic rings. The predicted molar refractivity (Wildman–Crippen MR) is 60.4 cm³/mol. The van der Waals surface area contributed by atoms with Crippen molar-refractivity contribution >= 4 is 22.6 Å². The molecule has 2 atom stereocenters. The van der Waals surface area contributed by atoms with Gasteiger partial charge in [0.25, 0.3) is 0 Å². The molecular formula is C9H20IN. The van der Waals surface area contributed by atoms with Crippen molar-refractivity contribution in [3.05, 3.63) is 0 Å². The van der Waals surface area contributed by atoms with Crippen LogP contribution in [-0.4, -0.2) is 29.0 Å². The molecule has 0 aliphatic heterocycles. The lowest BCUT2D eigenvalue weighted by molar-refractivity contribution is 0.263. The van der Waals surface area contributed by atoms with Crippen molar-refractivity contribution in [1.82, 2.24) is 4.90 Å². The normalized spacial score (nSPS) is 17.5. The van der Waals surface area contributed by atoms with Gasteiger partial charge >= 0.3 is 0 Å². The lowest BCUT2D eigenvalue weighted by atomic mass is 10.0. The minimum Gasteiger partial charge on any atom is -0.305 e. The Morgan fingerprint density at radius 2 is 1.73 bits per heavy atom. The molecule has 0 saturated carbocycles. The number of nitrogens with zero attached hydrogens (tertiary/aromatic N) is 1. The van der Waals surface area contributed by atoms with Crippen molar-refractivity contribution in [2.45, 2.75) is 37.2 Å². The van der Waals surface area contributed by atoms with Gasteiger partial charge in [0.1, 0.15) is 0 Å². The van der Waals surface area contributed by atoms with Gasteiger partial charge in [-0.15, -0.1) is 0 Å². The minimum atomic E-state index is 0.732. The van der Waals surface area contributed by atoms with Crippen molar-refractivity contribution in [3.8, 4) is 0 Å². The Morgan fingerprint density at radius 1 is 1.27 bits per heavy atom. The molecule has 0 saturated heterocycles. The van der Waals surface area contributed by atoms with E-state index >= 15 is 0 Å². The first-order valence-electron chi connectivity index (χ1n) is 4.31. The van der Waals surface area contributed by atoms with Crippen molar-refractivity contribution in [1.29, 1.82) is 0 Å². The smallest absolute Gasteiger partial charge is 0.0288 e. The zero-order valence-electron chi connectivity index (χ0n) is 8.26. The summed E-state index contributed by atoms with van der Waals surface area (Å²) >= 11 is 2.57. The van der Waals surface area contributed by atoms with Crippen LogP contribution in [0.15, 0.2) is 0 Å². The van der Waals surface area contributed by atoms with E-state index in [9.17, 15) is 0 Å². The van der Waals surface area contributed by atoms with Crippen LogP contribution in [0.3, 0.4) is 0 Å². The predicted octanol–water partition coefficient (Wildman–Crippen LogP) is 2.79. The first-order chi connectivity index (χ1) is 5.00. The summed E-state index contributed by atoms with van der Waals surface area (Å²) in [6.45, 7) is 6.85. The van der Waals surface area contributed by atoms with E-state index in [1.807, 2.05) is 0 Å². The third-order valence-electron chi connectivity index (χ3n) is 2.09. The molecule has 1 nitrogen and oxygen atoms in total. The lowest BCUT2D eigenvalue weighted by Gasteiger charge is -2.30. The average molecular weight is 269 g/mol. The largest absolute Gasteiger partial charge is 0.305 e. The van der Waals surface area contributed by atoms with Gasteiger partial charge < -0.3 is 4.90 Å². The summed E-state index contributed by atoms with van der Waals surface area (Å²) in [6, 6.07) is 0.732. The maximum absolute atomic E-state index is 2.57. The number of halogens is 1. The van der Waals surface area contributed by atoms with Crippen LogP contribution >= 0.6 is 22.6 Å². The van der Waals surface area contributed by atoms with Gasteiger partial charge in [0.15, 0.2) is 0 Å². The van der Waals surface area contributed by atoms with E-state index in [1.165, 1.54) is 6.42 Å². The van der Waals surface area contributed by atoms with Gasteiger partial charge in [-0.1, -0.05) is 43.4 Å². The Bertz CT molecular complexity index is 102. The van der Waals surface area contributed by atoms with Crippen LogP contribution in [0.2, 0.25) is 0 Å². The van der Waals surface area contributed by atoms with Gasteiger partial charge in [0.05, 0.1) is 0 Å². The van der Waals surface area contributed by atoms with Crippen molar-refractivity contribution < 1.29 is 0 Å². The van der Waals surface area contributed by atoms with E-state index in [0.717, 1.165) is 15.9 Å². The van der Waals surface area contributed by atoms with Crippen LogP contribution in [-0.2, 0) is 0 Å². The Labute approximate surface area is 84.7 Å². The molecule has 0 radical (unpaired) electrons. The number of rotatable bonds is 4. The first kappa shape index (κ1) is 11.7. The molecule has 11 heavy (non-hydrogen) atoms. The summed E-state index contributed by atoms with van der Waals surface area (Å²) < 4.78 is 0.771. The molecule has 0 bridgehead atoms. The van der Waals surface area contributed by atoms with Crippen LogP contribution in [0.1, 0.15) is 27.2 Å². The average Bonchev–Trinajstić information content (AvgIpc) is 1.88. The number of hydrogen-bond donors (Lipinski definition) is 0.